The highest BCUT2D eigenvalue weighted by Crippen LogP contribution is 2.29. The number of amides is 2. The topological polar surface area (TPSA) is 105 Å². The smallest absolute Gasteiger partial charge is 0.240 e. The summed E-state index contributed by atoms with van der Waals surface area (Å²) < 4.78 is 32.4. The number of nitrogens with one attached hydrogen (secondary N) is 2. The second-order valence-corrected chi connectivity index (χ2v) is 9.97. The average molecular weight is 452 g/mol. The Morgan fingerprint density at radius 2 is 1.87 bits per heavy atom. The first-order valence-electron chi connectivity index (χ1n) is 11.2. The van der Waals surface area contributed by atoms with Crippen LogP contribution in [-0.4, -0.2) is 57.5 Å². The lowest BCUT2D eigenvalue weighted by Crippen LogP contribution is -2.38. The lowest BCUT2D eigenvalue weighted by atomic mass is 9.94. The van der Waals surface area contributed by atoms with Crippen LogP contribution in [0.15, 0.2) is 29.2 Å². The van der Waals surface area contributed by atoms with Gasteiger partial charge in [-0.25, -0.2) is 13.1 Å². The van der Waals surface area contributed by atoms with Crippen molar-refractivity contribution in [3.05, 3.63) is 24.3 Å². The van der Waals surface area contributed by atoms with E-state index in [1.54, 1.807) is 12.1 Å². The highest BCUT2D eigenvalue weighted by atomic mass is 32.2. The lowest BCUT2D eigenvalue weighted by Gasteiger charge is -2.31. The maximum absolute atomic E-state index is 12.7. The largest absolute Gasteiger partial charge is 0.382 e. The SMILES string of the molecule is CCOCCCNS(=O)(=O)c1ccc(NC(=O)[C@@H]2CC(=O)N(C3CCCCC3)C2)cc1. The van der Waals surface area contributed by atoms with Gasteiger partial charge in [-0.05, 0) is 50.5 Å². The number of sulfonamides is 1. The Morgan fingerprint density at radius 3 is 2.55 bits per heavy atom. The van der Waals surface area contributed by atoms with Crippen LogP contribution in [0.3, 0.4) is 0 Å². The molecule has 1 aromatic rings. The zero-order chi connectivity index (χ0) is 22.3. The summed E-state index contributed by atoms with van der Waals surface area (Å²) in [5, 5.41) is 2.82. The number of carbonyl (C=O) groups is 2. The van der Waals surface area contributed by atoms with Crippen LogP contribution < -0.4 is 10.0 Å². The Morgan fingerprint density at radius 1 is 1.16 bits per heavy atom. The summed E-state index contributed by atoms with van der Waals surface area (Å²) in [5.41, 5.74) is 0.517. The molecule has 0 radical (unpaired) electrons. The van der Waals surface area contributed by atoms with E-state index in [-0.39, 0.29) is 35.1 Å². The van der Waals surface area contributed by atoms with Gasteiger partial charge < -0.3 is 15.0 Å². The van der Waals surface area contributed by atoms with Crippen molar-refractivity contribution >= 4 is 27.5 Å². The van der Waals surface area contributed by atoms with E-state index in [0.717, 1.165) is 25.7 Å². The van der Waals surface area contributed by atoms with Crippen molar-refractivity contribution in [2.45, 2.75) is 62.8 Å². The molecule has 2 fully saturated rings. The van der Waals surface area contributed by atoms with Crippen molar-refractivity contribution in [2.24, 2.45) is 5.92 Å². The third kappa shape index (κ3) is 6.51. The normalized spacial score (nSPS) is 20.2. The van der Waals surface area contributed by atoms with Gasteiger partial charge in [0.15, 0.2) is 0 Å². The van der Waals surface area contributed by atoms with Gasteiger partial charge in [0.1, 0.15) is 0 Å². The Hall–Kier alpha value is -1.97. The van der Waals surface area contributed by atoms with Crippen LogP contribution in [0.5, 0.6) is 0 Å². The van der Waals surface area contributed by atoms with E-state index in [0.29, 0.717) is 38.4 Å². The summed E-state index contributed by atoms with van der Waals surface area (Å²) in [7, 11) is -3.60. The quantitative estimate of drug-likeness (QED) is 0.532. The second kappa shape index (κ2) is 11.1. The average Bonchev–Trinajstić information content (AvgIpc) is 3.16. The molecule has 0 aromatic heterocycles. The highest BCUT2D eigenvalue weighted by Gasteiger charge is 2.38. The van der Waals surface area contributed by atoms with Crippen LogP contribution in [0.2, 0.25) is 0 Å². The fourth-order valence-electron chi connectivity index (χ4n) is 4.22. The third-order valence-corrected chi connectivity index (χ3v) is 7.42. The van der Waals surface area contributed by atoms with Crippen LogP contribution in [0.4, 0.5) is 5.69 Å². The molecule has 9 heteroatoms. The van der Waals surface area contributed by atoms with Gasteiger partial charge >= 0.3 is 0 Å². The molecule has 1 heterocycles. The molecule has 1 aromatic carbocycles. The predicted molar refractivity (Wildman–Crippen MR) is 118 cm³/mol. The van der Waals surface area contributed by atoms with E-state index in [9.17, 15) is 18.0 Å². The standard InChI is InChI=1S/C22H33N3O5S/c1-2-30-14-6-13-23-31(28,29)20-11-9-18(10-12-20)24-22(27)17-15-21(26)25(16-17)19-7-4-3-5-8-19/h9-12,17,19,23H,2-8,13-16H2,1H3,(H,24,27)/t17-/m1/s1. The summed E-state index contributed by atoms with van der Waals surface area (Å²) in [4.78, 5) is 27.1. The van der Waals surface area contributed by atoms with E-state index in [2.05, 4.69) is 10.0 Å². The van der Waals surface area contributed by atoms with Gasteiger partial charge in [0.25, 0.3) is 0 Å². The van der Waals surface area contributed by atoms with Gasteiger partial charge in [0.05, 0.1) is 10.8 Å². The molecular weight excluding hydrogens is 418 g/mol. The summed E-state index contributed by atoms with van der Waals surface area (Å²) in [6.07, 6.45) is 6.38. The fraction of sp³-hybridized carbons (Fsp3) is 0.636. The molecule has 0 bridgehead atoms. The van der Waals surface area contributed by atoms with Gasteiger partial charge in [0, 0.05) is 44.5 Å². The molecule has 3 rings (SSSR count). The van der Waals surface area contributed by atoms with Crippen LogP contribution in [-0.2, 0) is 24.3 Å². The molecule has 31 heavy (non-hydrogen) atoms. The molecule has 1 aliphatic carbocycles. The third-order valence-electron chi connectivity index (χ3n) is 5.94. The summed E-state index contributed by atoms with van der Waals surface area (Å²) >= 11 is 0. The van der Waals surface area contributed by atoms with Gasteiger partial charge in [-0.15, -0.1) is 0 Å². The number of benzene rings is 1. The van der Waals surface area contributed by atoms with Crippen molar-refractivity contribution in [3.8, 4) is 0 Å². The Balaban J connectivity index is 1.51. The van der Waals surface area contributed by atoms with Crippen molar-refractivity contribution in [1.82, 2.24) is 9.62 Å². The molecule has 1 saturated carbocycles. The Kier molecular flexibility index (Phi) is 8.45. The minimum Gasteiger partial charge on any atom is -0.382 e. The van der Waals surface area contributed by atoms with E-state index in [4.69, 9.17) is 4.74 Å². The van der Waals surface area contributed by atoms with Gasteiger partial charge in [-0.2, -0.15) is 0 Å². The molecule has 1 atom stereocenters. The first kappa shape index (κ1) is 23.7. The number of nitrogens with zero attached hydrogens (tertiary/aromatic N) is 1. The zero-order valence-corrected chi connectivity index (χ0v) is 19.0. The fourth-order valence-corrected chi connectivity index (χ4v) is 5.30. The molecular formula is C22H33N3O5S. The summed E-state index contributed by atoms with van der Waals surface area (Å²) in [6.45, 7) is 3.77. The molecule has 0 spiro atoms. The van der Waals surface area contributed by atoms with Crippen molar-refractivity contribution in [1.29, 1.82) is 0 Å². The first-order chi connectivity index (χ1) is 14.9. The van der Waals surface area contributed by atoms with Crippen LogP contribution in [0.25, 0.3) is 0 Å². The van der Waals surface area contributed by atoms with Gasteiger partial charge in [0.2, 0.25) is 21.8 Å². The van der Waals surface area contributed by atoms with Gasteiger partial charge in [-0.1, -0.05) is 19.3 Å². The number of carbonyl (C=O) groups excluding carboxylic acids is 2. The minimum atomic E-state index is -3.60. The molecule has 2 N–H and O–H groups in total. The molecule has 8 nitrogen and oxygen atoms in total. The molecule has 1 saturated heterocycles. The van der Waals surface area contributed by atoms with Crippen molar-refractivity contribution < 1.29 is 22.7 Å². The Labute approximate surface area is 184 Å². The number of hydrogen-bond donors (Lipinski definition) is 2. The minimum absolute atomic E-state index is 0.0592. The zero-order valence-electron chi connectivity index (χ0n) is 18.1. The molecule has 2 amide bonds. The maximum atomic E-state index is 12.7. The van der Waals surface area contributed by atoms with E-state index < -0.39 is 10.0 Å². The number of ether oxygens (including phenoxy) is 1. The van der Waals surface area contributed by atoms with E-state index in [1.165, 1.54) is 18.6 Å². The van der Waals surface area contributed by atoms with E-state index >= 15 is 0 Å². The highest BCUT2D eigenvalue weighted by molar-refractivity contribution is 7.89. The molecule has 2 aliphatic rings. The van der Waals surface area contributed by atoms with E-state index in [1.807, 2.05) is 11.8 Å². The number of anilines is 1. The molecule has 172 valence electrons. The Bertz CT molecular complexity index is 850. The van der Waals surface area contributed by atoms with Crippen molar-refractivity contribution in [2.75, 3.05) is 31.6 Å². The monoisotopic (exact) mass is 451 g/mol. The second-order valence-electron chi connectivity index (χ2n) is 8.20. The lowest BCUT2D eigenvalue weighted by molar-refractivity contribution is -0.130. The predicted octanol–water partition coefficient (Wildman–Crippen LogP) is 2.51. The molecule has 1 aliphatic heterocycles. The van der Waals surface area contributed by atoms with Gasteiger partial charge in [-0.3, -0.25) is 9.59 Å². The number of likely N-dealkylation sites (tertiary alicyclic amines) is 1. The maximum Gasteiger partial charge on any atom is 0.240 e. The first-order valence-corrected chi connectivity index (χ1v) is 12.7. The van der Waals surface area contributed by atoms with Crippen LogP contribution in [0.1, 0.15) is 51.9 Å². The summed E-state index contributed by atoms with van der Waals surface area (Å²) in [6, 6.07) is 6.35. The number of rotatable bonds is 10. The number of hydrogen-bond acceptors (Lipinski definition) is 5. The van der Waals surface area contributed by atoms with Crippen LogP contribution >= 0.6 is 0 Å². The summed E-state index contributed by atoms with van der Waals surface area (Å²) in [5.74, 6) is -0.509. The van der Waals surface area contributed by atoms with Crippen molar-refractivity contribution in [3.63, 3.8) is 0 Å². The molecule has 0 unspecified atom stereocenters. The van der Waals surface area contributed by atoms with Crippen LogP contribution in [0, 0.1) is 5.92 Å².